The molecule has 1 amide bonds. The van der Waals surface area contributed by atoms with E-state index in [1.54, 1.807) is 0 Å². The number of aromatic nitrogens is 3. The molecule has 1 aromatic heterocycles. The van der Waals surface area contributed by atoms with Crippen molar-refractivity contribution in [1.82, 2.24) is 19.7 Å². The van der Waals surface area contributed by atoms with E-state index >= 15 is 0 Å². The lowest BCUT2D eigenvalue weighted by Crippen LogP contribution is -2.35. The molecular formula is C15H24N4O. The van der Waals surface area contributed by atoms with Gasteiger partial charge in [-0.2, -0.15) is 0 Å². The minimum atomic E-state index is 0.286. The van der Waals surface area contributed by atoms with Crippen molar-refractivity contribution in [2.24, 2.45) is 5.92 Å². The highest BCUT2D eigenvalue weighted by Gasteiger charge is 2.32. The van der Waals surface area contributed by atoms with Gasteiger partial charge in [-0.1, -0.05) is 26.2 Å². The standard InChI is InChI=1S/C15H24N4O/c1-2-14-17-16-11-19(14)13-8-9-18(10-13)15(20)12-6-4-3-5-7-12/h11-13H,2-10H2,1H3. The van der Waals surface area contributed by atoms with Gasteiger partial charge in [0.25, 0.3) is 0 Å². The van der Waals surface area contributed by atoms with Crippen molar-refractivity contribution in [3.63, 3.8) is 0 Å². The molecule has 1 saturated heterocycles. The minimum absolute atomic E-state index is 0.286. The maximum atomic E-state index is 12.6. The van der Waals surface area contributed by atoms with E-state index in [4.69, 9.17) is 0 Å². The van der Waals surface area contributed by atoms with Crippen LogP contribution >= 0.6 is 0 Å². The lowest BCUT2D eigenvalue weighted by atomic mass is 9.88. The van der Waals surface area contributed by atoms with E-state index in [1.807, 2.05) is 6.33 Å². The van der Waals surface area contributed by atoms with Crippen molar-refractivity contribution in [2.45, 2.75) is 57.9 Å². The number of hydrogen-bond donors (Lipinski definition) is 0. The summed E-state index contributed by atoms with van der Waals surface area (Å²) in [6.07, 6.45) is 9.67. The molecule has 1 aromatic rings. The van der Waals surface area contributed by atoms with Gasteiger partial charge in [-0.25, -0.2) is 0 Å². The molecule has 0 radical (unpaired) electrons. The van der Waals surface area contributed by atoms with Crippen molar-refractivity contribution in [3.05, 3.63) is 12.2 Å². The number of aryl methyl sites for hydroxylation is 1. The van der Waals surface area contributed by atoms with Gasteiger partial charge in [-0.15, -0.1) is 10.2 Å². The zero-order valence-corrected chi connectivity index (χ0v) is 12.3. The van der Waals surface area contributed by atoms with Gasteiger partial charge < -0.3 is 9.47 Å². The highest BCUT2D eigenvalue weighted by atomic mass is 16.2. The third kappa shape index (κ3) is 2.58. The average Bonchev–Trinajstić information content (AvgIpc) is 3.15. The molecule has 1 aliphatic heterocycles. The number of carbonyl (C=O) groups excluding carboxylic acids is 1. The first-order valence-corrected chi connectivity index (χ1v) is 7.96. The Morgan fingerprint density at radius 1 is 1.30 bits per heavy atom. The van der Waals surface area contributed by atoms with Crippen LogP contribution in [-0.4, -0.2) is 38.7 Å². The molecule has 5 heteroatoms. The van der Waals surface area contributed by atoms with Crippen molar-refractivity contribution in [3.8, 4) is 0 Å². The first kappa shape index (κ1) is 13.6. The Kier molecular flexibility index (Phi) is 4.03. The fourth-order valence-corrected chi connectivity index (χ4v) is 3.60. The number of nitrogens with zero attached hydrogens (tertiary/aromatic N) is 4. The number of hydrogen-bond acceptors (Lipinski definition) is 3. The molecule has 110 valence electrons. The molecule has 0 spiro atoms. The Labute approximate surface area is 120 Å². The second-order valence-electron chi connectivity index (χ2n) is 6.07. The van der Waals surface area contributed by atoms with Crippen LogP contribution in [0, 0.1) is 5.92 Å². The van der Waals surface area contributed by atoms with Crippen molar-refractivity contribution < 1.29 is 4.79 Å². The molecule has 1 unspecified atom stereocenters. The van der Waals surface area contributed by atoms with Crippen LogP contribution in [0.25, 0.3) is 0 Å². The van der Waals surface area contributed by atoms with Gasteiger partial charge in [0.2, 0.25) is 5.91 Å². The third-order valence-electron chi connectivity index (χ3n) is 4.79. The zero-order chi connectivity index (χ0) is 13.9. The first-order chi connectivity index (χ1) is 9.79. The average molecular weight is 276 g/mol. The van der Waals surface area contributed by atoms with E-state index in [1.165, 1.54) is 19.3 Å². The van der Waals surface area contributed by atoms with Crippen LogP contribution in [-0.2, 0) is 11.2 Å². The van der Waals surface area contributed by atoms with Gasteiger partial charge in [0.05, 0.1) is 6.04 Å². The summed E-state index contributed by atoms with van der Waals surface area (Å²) in [5, 5.41) is 8.16. The lowest BCUT2D eigenvalue weighted by Gasteiger charge is -2.26. The zero-order valence-electron chi connectivity index (χ0n) is 12.3. The van der Waals surface area contributed by atoms with Gasteiger partial charge in [0.15, 0.2) is 0 Å². The van der Waals surface area contributed by atoms with E-state index in [2.05, 4.69) is 26.6 Å². The van der Waals surface area contributed by atoms with Crippen LogP contribution in [0.2, 0.25) is 0 Å². The van der Waals surface area contributed by atoms with E-state index in [0.717, 1.165) is 44.6 Å². The number of rotatable bonds is 3. The summed E-state index contributed by atoms with van der Waals surface area (Å²) in [5.74, 6) is 1.70. The molecule has 20 heavy (non-hydrogen) atoms. The molecule has 1 atom stereocenters. The fourth-order valence-electron chi connectivity index (χ4n) is 3.60. The first-order valence-electron chi connectivity index (χ1n) is 7.96. The van der Waals surface area contributed by atoms with E-state index < -0.39 is 0 Å². The number of amides is 1. The van der Waals surface area contributed by atoms with E-state index in [-0.39, 0.29) is 5.92 Å². The van der Waals surface area contributed by atoms with Gasteiger partial charge >= 0.3 is 0 Å². The molecule has 1 aliphatic carbocycles. The maximum absolute atomic E-state index is 12.6. The molecule has 1 saturated carbocycles. The number of carbonyl (C=O) groups is 1. The molecule has 5 nitrogen and oxygen atoms in total. The topological polar surface area (TPSA) is 51.0 Å². The molecule has 3 rings (SSSR count). The van der Waals surface area contributed by atoms with E-state index in [9.17, 15) is 4.79 Å². The Morgan fingerprint density at radius 3 is 2.85 bits per heavy atom. The summed E-state index contributed by atoms with van der Waals surface area (Å²) in [5.41, 5.74) is 0. The second-order valence-corrected chi connectivity index (χ2v) is 6.07. The van der Waals surface area contributed by atoms with E-state index in [0.29, 0.717) is 11.9 Å². The molecule has 0 bridgehead atoms. The Balaban J connectivity index is 1.63. The van der Waals surface area contributed by atoms with Gasteiger partial charge in [-0.3, -0.25) is 4.79 Å². The van der Waals surface area contributed by atoms with Crippen LogP contribution in [0.15, 0.2) is 6.33 Å². The molecule has 0 N–H and O–H groups in total. The van der Waals surface area contributed by atoms with Gasteiger partial charge in [0, 0.05) is 25.4 Å². The summed E-state index contributed by atoms with van der Waals surface area (Å²) in [6.45, 7) is 3.82. The summed E-state index contributed by atoms with van der Waals surface area (Å²) < 4.78 is 2.16. The summed E-state index contributed by atoms with van der Waals surface area (Å²) >= 11 is 0. The quantitative estimate of drug-likeness (QED) is 0.850. The predicted octanol–water partition coefficient (Wildman–Crippen LogP) is 2.19. The highest BCUT2D eigenvalue weighted by molar-refractivity contribution is 5.79. The Morgan fingerprint density at radius 2 is 2.10 bits per heavy atom. The van der Waals surface area contributed by atoms with Gasteiger partial charge in [-0.05, 0) is 19.3 Å². The van der Waals surface area contributed by atoms with Crippen LogP contribution < -0.4 is 0 Å². The van der Waals surface area contributed by atoms with Crippen LogP contribution in [0.3, 0.4) is 0 Å². The summed E-state index contributed by atoms with van der Waals surface area (Å²) in [4.78, 5) is 14.6. The smallest absolute Gasteiger partial charge is 0.225 e. The lowest BCUT2D eigenvalue weighted by molar-refractivity contribution is -0.135. The van der Waals surface area contributed by atoms with Crippen molar-refractivity contribution in [2.75, 3.05) is 13.1 Å². The van der Waals surface area contributed by atoms with Crippen molar-refractivity contribution >= 4 is 5.91 Å². The molecule has 2 aliphatic rings. The van der Waals surface area contributed by atoms with Crippen LogP contribution in [0.4, 0.5) is 0 Å². The SMILES string of the molecule is CCc1nncn1C1CCN(C(=O)C2CCCCC2)C1. The van der Waals surface area contributed by atoms with Crippen LogP contribution in [0.1, 0.15) is 57.3 Å². The summed E-state index contributed by atoms with van der Waals surface area (Å²) in [7, 11) is 0. The highest BCUT2D eigenvalue weighted by Crippen LogP contribution is 2.29. The Bertz CT molecular complexity index is 464. The monoisotopic (exact) mass is 276 g/mol. The summed E-state index contributed by atoms with van der Waals surface area (Å²) in [6, 6.07) is 0.368. The fraction of sp³-hybridized carbons (Fsp3) is 0.800. The van der Waals surface area contributed by atoms with Gasteiger partial charge in [0.1, 0.15) is 12.2 Å². The second kappa shape index (κ2) is 5.94. The molecule has 2 fully saturated rings. The number of likely N-dealkylation sites (tertiary alicyclic amines) is 1. The van der Waals surface area contributed by atoms with Crippen LogP contribution in [0.5, 0.6) is 0 Å². The molecule has 2 heterocycles. The van der Waals surface area contributed by atoms with Crippen molar-refractivity contribution in [1.29, 1.82) is 0 Å². The largest absolute Gasteiger partial charge is 0.340 e. The normalized spacial score (nSPS) is 24.2. The molecule has 0 aromatic carbocycles. The Hall–Kier alpha value is -1.39. The molecular weight excluding hydrogens is 252 g/mol. The predicted molar refractivity (Wildman–Crippen MR) is 76.2 cm³/mol. The minimum Gasteiger partial charge on any atom is -0.340 e. The third-order valence-corrected chi connectivity index (χ3v) is 4.79. The maximum Gasteiger partial charge on any atom is 0.225 e.